The van der Waals surface area contributed by atoms with Crippen molar-refractivity contribution in [2.24, 2.45) is 0 Å². The van der Waals surface area contributed by atoms with Crippen LogP contribution in [0.3, 0.4) is 0 Å². The van der Waals surface area contributed by atoms with Crippen LogP contribution in [0.15, 0.2) is 34.8 Å². The first-order chi connectivity index (χ1) is 11.0. The summed E-state index contributed by atoms with van der Waals surface area (Å²) in [5.41, 5.74) is 2.29. The van der Waals surface area contributed by atoms with Crippen LogP contribution in [0, 0.1) is 10.5 Å². The lowest BCUT2D eigenvalue weighted by Crippen LogP contribution is -2.13. The number of hydrogen-bond acceptors (Lipinski definition) is 3. The molecule has 6 heteroatoms. The molecular weight excluding hydrogens is 473 g/mol. The molecule has 0 bridgehead atoms. The number of ether oxygens (including phenoxy) is 2. The van der Waals surface area contributed by atoms with E-state index in [4.69, 9.17) is 9.47 Å². The summed E-state index contributed by atoms with van der Waals surface area (Å²) in [6.07, 6.45) is 0. The predicted molar refractivity (Wildman–Crippen MR) is 104 cm³/mol. The first-order valence-electron chi connectivity index (χ1n) is 7.04. The maximum absolute atomic E-state index is 12.5. The van der Waals surface area contributed by atoms with Crippen molar-refractivity contribution in [3.8, 4) is 11.5 Å². The van der Waals surface area contributed by atoms with E-state index < -0.39 is 0 Å². The van der Waals surface area contributed by atoms with Crippen molar-refractivity contribution < 1.29 is 14.3 Å². The average molecular weight is 490 g/mol. The van der Waals surface area contributed by atoms with Gasteiger partial charge in [0.25, 0.3) is 5.91 Å². The molecule has 1 N–H and O–H groups in total. The lowest BCUT2D eigenvalue weighted by molar-refractivity contribution is 0.102. The second-order valence-corrected chi connectivity index (χ2v) is 6.91. The van der Waals surface area contributed by atoms with Gasteiger partial charge in [-0.1, -0.05) is 15.9 Å². The molecule has 0 aliphatic rings. The number of amides is 1. The zero-order valence-electron chi connectivity index (χ0n) is 13.1. The van der Waals surface area contributed by atoms with Crippen LogP contribution in [0.5, 0.6) is 11.5 Å². The van der Waals surface area contributed by atoms with Crippen LogP contribution < -0.4 is 14.8 Å². The molecule has 0 aliphatic carbocycles. The number of benzene rings is 2. The number of carbonyl (C=O) groups excluding carboxylic acids is 1. The van der Waals surface area contributed by atoms with Crippen LogP contribution in [0.4, 0.5) is 5.69 Å². The lowest BCUT2D eigenvalue weighted by Gasteiger charge is -2.14. The quantitative estimate of drug-likeness (QED) is 0.600. The monoisotopic (exact) mass is 489 g/mol. The fourth-order valence-electron chi connectivity index (χ4n) is 2.10. The summed E-state index contributed by atoms with van der Waals surface area (Å²) in [6.45, 7) is 4.39. The second kappa shape index (κ2) is 8.01. The Morgan fingerprint density at radius 3 is 2.65 bits per heavy atom. The topological polar surface area (TPSA) is 47.6 Å². The van der Waals surface area contributed by atoms with Crippen molar-refractivity contribution in [2.45, 2.75) is 13.8 Å². The van der Waals surface area contributed by atoms with E-state index in [1.165, 1.54) is 0 Å². The summed E-state index contributed by atoms with van der Waals surface area (Å²) in [5, 5.41) is 2.92. The molecule has 2 aromatic rings. The number of anilines is 1. The number of aryl methyl sites for hydroxylation is 1. The minimum Gasteiger partial charge on any atom is -0.493 e. The number of carbonyl (C=O) groups is 1. The highest BCUT2D eigenvalue weighted by atomic mass is 127. The molecule has 0 fully saturated rings. The molecule has 0 spiro atoms. The van der Waals surface area contributed by atoms with Gasteiger partial charge in [-0.2, -0.15) is 0 Å². The maximum atomic E-state index is 12.5. The Morgan fingerprint density at radius 1 is 1.30 bits per heavy atom. The number of rotatable bonds is 5. The van der Waals surface area contributed by atoms with Crippen LogP contribution in [0.1, 0.15) is 22.8 Å². The third-order valence-electron chi connectivity index (χ3n) is 3.22. The van der Waals surface area contributed by atoms with E-state index in [-0.39, 0.29) is 5.91 Å². The molecule has 0 heterocycles. The van der Waals surface area contributed by atoms with E-state index in [2.05, 4.69) is 43.8 Å². The fraction of sp³-hybridized carbons (Fsp3) is 0.235. The number of halogens is 2. The van der Waals surface area contributed by atoms with Crippen LogP contribution in [-0.4, -0.2) is 19.6 Å². The lowest BCUT2D eigenvalue weighted by atomic mass is 10.1. The van der Waals surface area contributed by atoms with Gasteiger partial charge in [-0.3, -0.25) is 4.79 Å². The minimum atomic E-state index is -0.185. The molecule has 0 unspecified atom stereocenters. The summed E-state index contributed by atoms with van der Waals surface area (Å²) in [7, 11) is 1.56. The third-order valence-corrected chi connectivity index (χ3v) is 4.51. The van der Waals surface area contributed by atoms with Gasteiger partial charge in [-0.05, 0) is 72.3 Å². The van der Waals surface area contributed by atoms with Gasteiger partial charge in [0.05, 0.1) is 17.3 Å². The van der Waals surface area contributed by atoms with Gasteiger partial charge in [-0.25, -0.2) is 0 Å². The van der Waals surface area contributed by atoms with Crippen LogP contribution in [-0.2, 0) is 0 Å². The Morgan fingerprint density at radius 2 is 2.04 bits per heavy atom. The van der Waals surface area contributed by atoms with Gasteiger partial charge >= 0.3 is 0 Å². The largest absolute Gasteiger partial charge is 0.493 e. The fourth-order valence-corrected chi connectivity index (χ4v) is 3.33. The van der Waals surface area contributed by atoms with Crippen molar-refractivity contribution in [1.82, 2.24) is 0 Å². The van der Waals surface area contributed by atoms with Crippen LogP contribution >= 0.6 is 38.5 Å². The van der Waals surface area contributed by atoms with Crippen LogP contribution in [0.25, 0.3) is 0 Å². The highest BCUT2D eigenvalue weighted by molar-refractivity contribution is 14.1. The summed E-state index contributed by atoms with van der Waals surface area (Å²) in [5.74, 6) is 1.03. The molecule has 2 aromatic carbocycles. The highest BCUT2D eigenvalue weighted by Gasteiger charge is 2.16. The average Bonchev–Trinajstić information content (AvgIpc) is 2.51. The van der Waals surface area contributed by atoms with E-state index in [0.717, 1.165) is 19.3 Å². The molecule has 4 nitrogen and oxygen atoms in total. The van der Waals surface area contributed by atoms with Crippen molar-refractivity contribution >= 4 is 50.1 Å². The van der Waals surface area contributed by atoms with Crippen molar-refractivity contribution in [2.75, 3.05) is 19.0 Å². The summed E-state index contributed by atoms with van der Waals surface area (Å²) >= 11 is 5.56. The summed E-state index contributed by atoms with van der Waals surface area (Å²) in [4.78, 5) is 12.5. The van der Waals surface area contributed by atoms with Gasteiger partial charge < -0.3 is 14.8 Å². The Balaban J connectivity index is 2.30. The third kappa shape index (κ3) is 4.38. The minimum absolute atomic E-state index is 0.185. The van der Waals surface area contributed by atoms with E-state index in [0.29, 0.717) is 23.7 Å². The molecule has 1 amide bonds. The van der Waals surface area contributed by atoms with Crippen molar-refractivity contribution in [3.63, 3.8) is 0 Å². The first kappa shape index (κ1) is 18.1. The molecule has 2 rings (SSSR count). The Kier molecular flexibility index (Phi) is 6.29. The van der Waals surface area contributed by atoms with Gasteiger partial charge in [-0.15, -0.1) is 0 Å². The van der Waals surface area contributed by atoms with E-state index in [9.17, 15) is 4.79 Å². The Labute approximate surface area is 157 Å². The molecule has 0 atom stereocenters. The molecule has 0 radical (unpaired) electrons. The highest BCUT2D eigenvalue weighted by Crippen LogP contribution is 2.34. The normalized spacial score (nSPS) is 10.3. The molecule has 122 valence electrons. The Bertz CT molecular complexity index is 734. The van der Waals surface area contributed by atoms with Crippen molar-refractivity contribution in [3.05, 3.63) is 49.5 Å². The Hall–Kier alpha value is -1.28. The van der Waals surface area contributed by atoms with Gasteiger partial charge in [0.1, 0.15) is 0 Å². The molecule has 0 saturated heterocycles. The summed E-state index contributed by atoms with van der Waals surface area (Å²) < 4.78 is 12.7. The standard InChI is InChI=1S/C17H17BrINO3/c1-4-23-16-13(19)8-11(9-15(16)22-3)17(21)20-14-6-5-12(18)7-10(14)2/h5-9H,4H2,1-3H3,(H,20,21). The number of methoxy groups -OCH3 is 1. The van der Waals surface area contributed by atoms with Gasteiger partial charge in [0.15, 0.2) is 11.5 Å². The second-order valence-electron chi connectivity index (χ2n) is 4.84. The van der Waals surface area contributed by atoms with Gasteiger partial charge in [0, 0.05) is 15.7 Å². The van der Waals surface area contributed by atoms with E-state index in [1.54, 1.807) is 19.2 Å². The molecule has 23 heavy (non-hydrogen) atoms. The SMILES string of the molecule is CCOc1c(I)cc(C(=O)Nc2ccc(Br)cc2C)cc1OC. The molecular formula is C17H17BrINO3. The first-order valence-corrected chi connectivity index (χ1v) is 8.91. The van der Waals surface area contributed by atoms with E-state index in [1.807, 2.05) is 32.0 Å². The smallest absolute Gasteiger partial charge is 0.255 e. The predicted octanol–water partition coefficient (Wildman–Crippen LogP) is 5.02. The molecule has 0 saturated carbocycles. The summed E-state index contributed by atoms with van der Waals surface area (Å²) in [6, 6.07) is 9.20. The zero-order valence-corrected chi connectivity index (χ0v) is 16.8. The number of hydrogen-bond donors (Lipinski definition) is 1. The van der Waals surface area contributed by atoms with E-state index >= 15 is 0 Å². The zero-order chi connectivity index (χ0) is 17.0. The maximum Gasteiger partial charge on any atom is 0.255 e. The van der Waals surface area contributed by atoms with Gasteiger partial charge in [0.2, 0.25) is 0 Å². The molecule has 0 aromatic heterocycles. The molecule has 0 aliphatic heterocycles. The van der Waals surface area contributed by atoms with Crippen LogP contribution in [0.2, 0.25) is 0 Å². The van der Waals surface area contributed by atoms with Crippen molar-refractivity contribution in [1.29, 1.82) is 0 Å². The number of nitrogens with one attached hydrogen (secondary N) is 1.